The Hall–Kier alpha value is -3.41. The van der Waals surface area contributed by atoms with Crippen molar-refractivity contribution in [2.45, 2.75) is 38.1 Å². The van der Waals surface area contributed by atoms with Crippen LogP contribution in [0.25, 0.3) is 22.2 Å². The zero-order valence-electron chi connectivity index (χ0n) is 18.4. The monoisotopic (exact) mass is 429 g/mol. The molecule has 5 rings (SSSR count). The Balaban J connectivity index is 1.55. The second-order valence-corrected chi connectivity index (χ2v) is 9.03. The Morgan fingerprint density at radius 2 is 1.78 bits per heavy atom. The number of benzene rings is 2. The maximum Gasteiger partial charge on any atom is 0.325 e. The summed E-state index contributed by atoms with van der Waals surface area (Å²) in [4.78, 5) is 41.0. The van der Waals surface area contributed by atoms with Crippen LogP contribution in [0, 0.1) is 5.92 Å². The number of aromatic nitrogens is 1. The highest BCUT2D eigenvalue weighted by Gasteiger charge is 2.55. The lowest BCUT2D eigenvalue weighted by atomic mass is 9.73. The molecule has 2 fully saturated rings. The number of imide groups is 1. The van der Waals surface area contributed by atoms with Crippen molar-refractivity contribution in [3.63, 3.8) is 0 Å². The highest BCUT2D eigenvalue weighted by Crippen LogP contribution is 2.39. The number of Topliss-reactive ketones (excluding diaryl/α,β-unsaturated/α-hetero) is 1. The van der Waals surface area contributed by atoms with Crippen LogP contribution in [0.5, 0.6) is 0 Å². The van der Waals surface area contributed by atoms with Gasteiger partial charge in [-0.15, -0.1) is 0 Å². The fourth-order valence-corrected chi connectivity index (χ4v) is 5.47. The number of para-hydroxylation sites is 1. The van der Waals surface area contributed by atoms with Gasteiger partial charge in [-0.3, -0.25) is 14.5 Å². The van der Waals surface area contributed by atoms with E-state index in [4.69, 9.17) is 0 Å². The van der Waals surface area contributed by atoms with Gasteiger partial charge in [0.15, 0.2) is 5.78 Å². The van der Waals surface area contributed by atoms with E-state index in [1.165, 1.54) is 0 Å². The van der Waals surface area contributed by atoms with Crippen molar-refractivity contribution in [2.24, 2.45) is 13.0 Å². The van der Waals surface area contributed by atoms with Crippen LogP contribution >= 0.6 is 0 Å². The lowest BCUT2D eigenvalue weighted by Gasteiger charge is -2.36. The molecule has 164 valence electrons. The molecule has 2 aromatic carbocycles. The first kappa shape index (κ1) is 20.5. The smallest absolute Gasteiger partial charge is 0.325 e. The minimum atomic E-state index is -0.864. The van der Waals surface area contributed by atoms with E-state index < -0.39 is 11.6 Å². The average molecular weight is 430 g/mol. The molecule has 32 heavy (non-hydrogen) atoms. The molecule has 1 aromatic heterocycles. The molecule has 2 atom stereocenters. The van der Waals surface area contributed by atoms with Crippen molar-refractivity contribution in [1.82, 2.24) is 14.8 Å². The van der Waals surface area contributed by atoms with Crippen molar-refractivity contribution in [3.8, 4) is 11.3 Å². The van der Waals surface area contributed by atoms with Crippen LogP contribution in [0.2, 0.25) is 0 Å². The third-order valence-corrected chi connectivity index (χ3v) is 7.24. The summed E-state index contributed by atoms with van der Waals surface area (Å²) in [5, 5.41) is 3.77. The van der Waals surface area contributed by atoms with Crippen molar-refractivity contribution in [1.29, 1.82) is 0 Å². The summed E-state index contributed by atoms with van der Waals surface area (Å²) in [6, 6.07) is 17.0. The lowest BCUT2D eigenvalue weighted by molar-refractivity contribution is -0.133. The second-order valence-electron chi connectivity index (χ2n) is 9.03. The molecule has 3 aromatic rings. The highest BCUT2D eigenvalue weighted by atomic mass is 16.2. The molecule has 0 radical (unpaired) electrons. The first-order chi connectivity index (χ1) is 15.4. The molecule has 3 amide bonds. The van der Waals surface area contributed by atoms with E-state index in [0.717, 1.165) is 46.3 Å². The van der Waals surface area contributed by atoms with Gasteiger partial charge in [-0.25, -0.2) is 4.79 Å². The number of rotatable bonds is 4. The Morgan fingerprint density at radius 3 is 2.53 bits per heavy atom. The minimum Gasteiger partial charge on any atom is -0.343 e. The van der Waals surface area contributed by atoms with Gasteiger partial charge < -0.3 is 9.88 Å². The number of urea groups is 1. The molecule has 1 aliphatic carbocycles. The lowest BCUT2D eigenvalue weighted by Crippen LogP contribution is -2.54. The zero-order chi connectivity index (χ0) is 22.5. The van der Waals surface area contributed by atoms with Crippen LogP contribution in [0.3, 0.4) is 0 Å². The van der Waals surface area contributed by atoms with E-state index >= 15 is 0 Å². The first-order valence-electron chi connectivity index (χ1n) is 11.2. The number of hydrogen-bond donors (Lipinski definition) is 1. The number of fused-ring (bicyclic) bond motifs is 1. The summed E-state index contributed by atoms with van der Waals surface area (Å²) >= 11 is 0. The van der Waals surface area contributed by atoms with Crippen molar-refractivity contribution in [3.05, 3.63) is 60.2 Å². The number of amides is 3. The maximum absolute atomic E-state index is 13.7. The fraction of sp³-hybridized carbons (Fsp3) is 0.346. The van der Waals surface area contributed by atoms with E-state index in [9.17, 15) is 14.4 Å². The van der Waals surface area contributed by atoms with Gasteiger partial charge in [0.2, 0.25) is 0 Å². The largest absolute Gasteiger partial charge is 0.343 e. The molecule has 1 N–H and O–H groups in total. The predicted octanol–water partition coefficient (Wildman–Crippen LogP) is 4.53. The van der Waals surface area contributed by atoms with Gasteiger partial charge in [-0.1, -0.05) is 68.3 Å². The van der Waals surface area contributed by atoms with Crippen molar-refractivity contribution in [2.75, 3.05) is 6.54 Å². The normalized spacial score (nSPS) is 23.2. The second kappa shape index (κ2) is 7.62. The summed E-state index contributed by atoms with van der Waals surface area (Å²) in [7, 11) is 1.94. The standard InChI is InChI=1S/C26H27N3O3/c1-17-10-8-9-15-26(17)24(31)29(25(32)27-26)16-21(30)22-19-13-6-7-14-20(19)28(2)23(22)18-11-4-3-5-12-18/h3-7,11-14,17H,8-10,15-16H2,1-2H3,(H,27,32)/t17-,26-/m1/s1. The molecule has 2 aliphatic rings. The SMILES string of the molecule is C[C@@H]1CCCC[C@@]12NC(=O)N(CC(=O)c1c(-c3ccccc3)n(C)c3ccccc13)C2=O. The van der Waals surface area contributed by atoms with Crippen LogP contribution < -0.4 is 5.32 Å². The Kier molecular flexibility index (Phi) is 4.88. The fourth-order valence-electron chi connectivity index (χ4n) is 5.47. The molecule has 0 unspecified atom stereocenters. The number of nitrogens with zero attached hydrogens (tertiary/aromatic N) is 2. The predicted molar refractivity (Wildman–Crippen MR) is 123 cm³/mol. The molecule has 0 bridgehead atoms. The highest BCUT2D eigenvalue weighted by molar-refractivity contribution is 6.17. The number of carbonyl (C=O) groups excluding carboxylic acids is 3. The quantitative estimate of drug-likeness (QED) is 0.489. The minimum absolute atomic E-state index is 0.0604. The summed E-state index contributed by atoms with van der Waals surface area (Å²) in [5.74, 6) is -0.431. The Morgan fingerprint density at radius 1 is 1.06 bits per heavy atom. The molecule has 2 heterocycles. The number of carbonyl (C=O) groups is 3. The topological polar surface area (TPSA) is 71.4 Å². The van der Waals surface area contributed by atoms with Crippen LogP contribution in [0.4, 0.5) is 4.79 Å². The van der Waals surface area contributed by atoms with Crippen LogP contribution in [0.1, 0.15) is 43.0 Å². The number of hydrogen-bond acceptors (Lipinski definition) is 3. The molecular formula is C26H27N3O3. The Labute approximate surface area is 187 Å². The van der Waals surface area contributed by atoms with Gasteiger partial charge in [0, 0.05) is 18.0 Å². The zero-order valence-corrected chi connectivity index (χ0v) is 18.4. The number of aryl methyl sites for hydroxylation is 1. The molecule has 6 heteroatoms. The average Bonchev–Trinajstić information content (AvgIpc) is 3.23. The molecule has 1 saturated heterocycles. The molecule has 1 saturated carbocycles. The van der Waals surface area contributed by atoms with E-state index in [0.29, 0.717) is 12.0 Å². The van der Waals surface area contributed by atoms with E-state index in [-0.39, 0.29) is 24.2 Å². The van der Waals surface area contributed by atoms with Gasteiger partial charge in [-0.05, 0) is 30.4 Å². The third-order valence-electron chi connectivity index (χ3n) is 7.24. The number of ketones is 1. The van der Waals surface area contributed by atoms with Gasteiger partial charge in [0.1, 0.15) is 5.54 Å². The summed E-state index contributed by atoms with van der Waals surface area (Å²) in [5.41, 5.74) is 2.34. The van der Waals surface area contributed by atoms with E-state index in [2.05, 4.69) is 5.32 Å². The summed E-state index contributed by atoms with van der Waals surface area (Å²) < 4.78 is 2.01. The van der Waals surface area contributed by atoms with Crippen molar-refractivity contribution < 1.29 is 14.4 Å². The summed E-state index contributed by atoms with van der Waals surface area (Å²) in [6.07, 6.45) is 3.49. The van der Waals surface area contributed by atoms with Gasteiger partial charge in [0.25, 0.3) is 5.91 Å². The van der Waals surface area contributed by atoms with E-state index in [1.807, 2.05) is 73.1 Å². The maximum atomic E-state index is 13.7. The first-order valence-corrected chi connectivity index (χ1v) is 11.2. The van der Waals surface area contributed by atoms with Crippen LogP contribution in [-0.4, -0.2) is 39.3 Å². The molecular weight excluding hydrogens is 402 g/mol. The van der Waals surface area contributed by atoms with Crippen LogP contribution in [0.15, 0.2) is 54.6 Å². The molecule has 1 spiro atoms. The van der Waals surface area contributed by atoms with E-state index in [1.54, 1.807) is 0 Å². The number of nitrogens with one attached hydrogen (secondary N) is 1. The van der Waals surface area contributed by atoms with Gasteiger partial charge in [-0.2, -0.15) is 0 Å². The Bertz CT molecular complexity index is 1230. The van der Waals surface area contributed by atoms with Gasteiger partial charge >= 0.3 is 6.03 Å². The van der Waals surface area contributed by atoms with Gasteiger partial charge in [0.05, 0.1) is 17.8 Å². The van der Waals surface area contributed by atoms with Crippen LogP contribution in [-0.2, 0) is 11.8 Å². The summed E-state index contributed by atoms with van der Waals surface area (Å²) in [6.45, 7) is 1.76. The third kappa shape index (κ3) is 2.97. The molecule has 6 nitrogen and oxygen atoms in total. The molecule has 1 aliphatic heterocycles. The van der Waals surface area contributed by atoms with Crippen molar-refractivity contribution >= 4 is 28.6 Å².